The molecule has 6 heteroatoms. The third-order valence-electron chi connectivity index (χ3n) is 2.02. The predicted molar refractivity (Wildman–Crippen MR) is 70.5 cm³/mol. The lowest BCUT2D eigenvalue weighted by Gasteiger charge is -2.13. The van der Waals surface area contributed by atoms with Crippen LogP contribution in [0.1, 0.15) is 32.6 Å². The zero-order valence-corrected chi connectivity index (χ0v) is 10.6. The molecule has 0 aromatic rings. The van der Waals surface area contributed by atoms with Gasteiger partial charge in [0, 0.05) is 12.6 Å². The van der Waals surface area contributed by atoms with Crippen LogP contribution in [0.15, 0.2) is 0 Å². The first kappa shape index (κ1) is 12.4. The number of unbranched alkanes of at least 4 members (excludes halogenated alkanes) is 1. The summed E-state index contributed by atoms with van der Waals surface area (Å²) in [6, 6.07) is 0.563. The van der Waals surface area contributed by atoms with E-state index >= 15 is 0 Å². The zero-order chi connectivity index (χ0) is 11.1. The number of rotatable bonds is 4. The molecule has 0 radical (unpaired) electrons. The predicted octanol–water partition coefficient (Wildman–Crippen LogP) is 0.792. The van der Waals surface area contributed by atoms with Crippen LogP contribution in [-0.2, 0) is 0 Å². The number of hydrogen-bond donors (Lipinski definition) is 4. The van der Waals surface area contributed by atoms with Gasteiger partial charge in [0.05, 0.1) is 0 Å². The Hall–Kier alpha value is -0.620. The fourth-order valence-electron chi connectivity index (χ4n) is 0.986. The van der Waals surface area contributed by atoms with E-state index in [1.54, 1.807) is 0 Å². The Labute approximate surface area is 102 Å². The van der Waals surface area contributed by atoms with Crippen LogP contribution in [-0.4, -0.2) is 22.8 Å². The lowest BCUT2D eigenvalue weighted by atomic mass is 10.3. The molecular formula is C9H18N4S2. The van der Waals surface area contributed by atoms with E-state index in [1.165, 1.54) is 12.8 Å². The quantitative estimate of drug-likeness (QED) is 0.334. The Morgan fingerprint density at radius 2 is 1.87 bits per heavy atom. The van der Waals surface area contributed by atoms with E-state index in [2.05, 4.69) is 28.4 Å². The number of thiocarbonyl (C=S) groups is 2. The van der Waals surface area contributed by atoms with E-state index in [0.29, 0.717) is 16.3 Å². The highest BCUT2D eigenvalue weighted by atomic mass is 32.1. The molecule has 0 spiro atoms. The van der Waals surface area contributed by atoms with Gasteiger partial charge in [-0.2, -0.15) is 0 Å². The Bertz CT molecular complexity index is 228. The molecule has 1 saturated carbocycles. The molecule has 15 heavy (non-hydrogen) atoms. The molecule has 0 aromatic carbocycles. The summed E-state index contributed by atoms with van der Waals surface area (Å²) >= 11 is 10.1. The maximum absolute atomic E-state index is 5.05. The third kappa shape index (κ3) is 6.46. The van der Waals surface area contributed by atoms with Gasteiger partial charge in [-0.25, -0.2) is 0 Å². The average molecular weight is 246 g/mol. The fourth-order valence-corrected chi connectivity index (χ4v) is 1.36. The number of nitrogens with one attached hydrogen (secondary N) is 4. The van der Waals surface area contributed by atoms with Gasteiger partial charge in [0.15, 0.2) is 10.2 Å². The summed E-state index contributed by atoms with van der Waals surface area (Å²) in [5.74, 6) is 0. The maximum Gasteiger partial charge on any atom is 0.185 e. The van der Waals surface area contributed by atoms with Crippen LogP contribution in [0.5, 0.6) is 0 Å². The molecule has 0 aromatic heterocycles. The molecule has 1 fully saturated rings. The van der Waals surface area contributed by atoms with Crippen molar-refractivity contribution in [2.75, 3.05) is 6.54 Å². The van der Waals surface area contributed by atoms with Gasteiger partial charge in [-0.15, -0.1) is 0 Å². The molecule has 0 atom stereocenters. The highest BCUT2D eigenvalue weighted by Crippen LogP contribution is 2.18. The summed E-state index contributed by atoms with van der Waals surface area (Å²) in [7, 11) is 0. The molecule has 4 nitrogen and oxygen atoms in total. The standard InChI is InChI=1S/C9H18N4S2/c1-2-3-6-10-8(14)12-13-9(15)11-7-4-5-7/h7H,2-6H2,1H3,(H2,10,12,14)(H2,11,13,15). The molecule has 86 valence electrons. The molecule has 0 aliphatic heterocycles. The summed E-state index contributed by atoms with van der Waals surface area (Å²) in [5.41, 5.74) is 5.69. The van der Waals surface area contributed by atoms with Crippen molar-refractivity contribution in [3.05, 3.63) is 0 Å². The normalized spacial score (nSPS) is 14.2. The van der Waals surface area contributed by atoms with Crippen LogP contribution in [0.3, 0.4) is 0 Å². The van der Waals surface area contributed by atoms with Gasteiger partial charge in [-0.1, -0.05) is 13.3 Å². The van der Waals surface area contributed by atoms with Crippen molar-refractivity contribution >= 4 is 34.7 Å². The summed E-state index contributed by atoms with van der Waals surface area (Å²) < 4.78 is 0. The van der Waals surface area contributed by atoms with Crippen LogP contribution in [0.25, 0.3) is 0 Å². The fraction of sp³-hybridized carbons (Fsp3) is 0.778. The van der Waals surface area contributed by atoms with Crippen molar-refractivity contribution in [2.24, 2.45) is 0 Å². The van der Waals surface area contributed by atoms with Gasteiger partial charge in [-0.3, -0.25) is 10.9 Å². The van der Waals surface area contributed by atoms with Crippen LogP contribution >= 0.6 is 24.4 Å². The van der Waals surface area contributed by atoms with Crippen molar-refractivity contribution in [3.63, 3.8) is 0 Å². The van der Waals surface area contributed by atoms with Crippen molar-refractivity contribution in [2.45, 2.75) is 38.6 Å². The lowest BCUT2D eigenvalue weighted by Crippen LogP contribution is -2.50. The monoisotopic (exact) mass is 246 g/mol. The molecule has 1 aliphatic carbocycles. The molecule has 1 aliphatic rings. The summed E-state index contributed by atoms with van der Waals surface area (Å²) in [6.45, 7) is 3.04. The average Bonchev–Trinajstić information content (AvgIpc) is 2.99. The van der Waals surface area contributed by atoms with Crippen molar-refractivity contribution < 1.29 is 0 Å². The van der Waals surface area contributed by atoms with E-state index in [4.69, 9.17) is 24.4 Å². The molecule has 0 unspecified atom stereocenters. The highest BCUT2D eigenvalue weighted by Gasteiger charge is 2.21. The molecule has 0 saturated heterocycles. The van der Waals surface area contributed by atoms with E-state index in [0.717, 1.165) is 19.4 Å². The summed E-state index contributed by atoms with van der Waals surface area (Å²) in [4.78, 5) is 0. The smallest absolute Gasteiger partial charge is 0.185 e. The number of hydrogen-bond acceptors (Lipinski definition) is 2. The van der Waals surface area contributed by atoms with Crippen molar-refractivity contribution in [3.8, 4) is 0 Å². The lowest BCUT2D eigenvalue weighted by molar-refractivity contribution is 0.725. The third-order valence-corrected chi connectivity index (χ3v) is 2.48. The highest BCUT2D eigenvalue weighted by molar-refractivity contribution is 7.80. The summed E-state index contributed by atoms with van der Waals surface area (Å²) in [6.07, 6.45) is 4.69. The van der Waals surface area contributed by atoms with Crippen LogP contribution in [0, 0.1) is 0 Å². The molecule has 1 rings (SSSR count). The zero-order valence-electron chi connectivity index (χ0n) is 8.93. The SMILES string of the molecule is CCCCNC(=S)NNC(=S)NC1CC1. The molecule has 0 heterocycles. The van der Waals surface area contributed by atoms with E-state index in [1.807, 2.05) is 0 Å². The minimum absolute atomic E-state index is 0.563. The summed E-state index contributed by atoms with van der Waals surface area (Å²) in [5, 5.41) is 7.42. The second kappa shape index (κ2) is 6.79. The first-order valence-electron chi connectivity index (χ1n) is 5.32. The maximum atomic E-state index is 5.05. The van der Waals surface area contributed by atoms with Gasteiger partial charge in [0.25, 0.3) is 0 Å². The van der Waals surface area contributed by atoms with Crippen LogP contribution in [0.4, 0.5) is 0 Å². The van der Waals surface area contributed by atoms with Gasteiger partial charge >= 0.3 is 0 Å². The molecule has 0 bridgehead atoms. The topological polar surface area (TPSA) is 48.1 Å². The van der Waals surface area contributed by atoms with Gasteiger partial charge in [-0.05, 0) is 43.7 Å². The van der Waals surface area contributed by atoms with Gasteiger partial charge < -0.3 is 10.6 Å². The Balaban J connectivity index is 1.97. The Morgan fingerprint density at radius 1 is 1.20 bits per heavy atom. The largest absolute Gasteiger partial charge is 0.361 e. The number of hydrazine groups is 1. The van der Waals surface area contributed by atoms with E-state index in [-0.39, 0.29) is 0 Å². The van der Waals surface area contributed by atoms with E-state index < -0.39 is 0 Å². The Morgan fingerprint density at radius 3 is 2.47 bits per heavy atom. The second-order valence-corrected chi connectivity index (χ2v) is 4.42. The van der Waals surface area contributed by atoms with E-state index in [9.17, 15) is 0 Å². The minimum Gasteiger partial charge on any atom is -0.361 e. The molecule has 0 amide bonds. The first-order valence-corrected chi connectivity index (χ1v) is 6.14. The second-order valence-electron chi connectivity index (χ2n) is 3.61. The van der Waals surface area contributed by atoms with Crippen LogP contribution < -0.4 is 21.5 Å². The Kier molecular flexibility index (Phi) is 5.63. The van der Waals surface area contributed by atoms with Gasteiger partial charge in [0.1, 0.15) is 0 Å². The molecular weight excluding hydrogens is 228 g/mol. The van der Waals surface area contributed by atoms with Crippen LogP contribution in [0.2, 0.25) is 0 Å². The first-order chi connectivity index (χ1) is 7.22. The molecule has 4 N–H and O–H groups in total. The van der Waals surface area contributed by atoms with Crippen molar-refractivity contribution in [1.82, 2.24) is 21.5 Å². The van der Waals surface area contributed by atoms with Crippen molar-refractivity contribution in [1.29, 1.82) is 0 Å². The van der Waals surface area contributed by atoms with Gasteiger partial charge in [0.2, 0.25) is 0 Å². The minimum atomic E-state index is 0.563.